The Balaban J connectivity index is 1.93. The van der Waals surface area contributed by atoms with Crippen molar-refractivity contribution in [3.05, 3.63) is 12.2 Å². The Labute approximate surface area is 364 Å². The number of ether oxygens (including phenoxy) is 5. The Morgan fingerprint density at radius 3 is 1.78 bits per heavy atom. The maximum absolute atomic E-state index is 13.4. The number of allylic oxidation sites excluding steroid dienone is 2. The van der Waals surface area contributed by atoms with E-state index < -0.39 is 6.10 Å². The lowest BCUT2D eigenvalue weighted by Crippen LogP contribution is -2.36. The first kappa shape index (κ1) is 53.2. The van der Waals surface area contributed by atoms with E-state index in [-0.39, 0.29) is 92.3 Å². The number of piperidine rings is 1. The summed E-state index contributed by atoms with van der Waals surface area (Å²) in [6.07, 6.45) is 24.3. The summed E-state index contributed by atoms with van der Waals surface area (Å²) in [5, 5.41) is 0. The Morgan fingerprint density at radius 2 is 1.15 bits per heavy atom. The average molecular weight is 848 g/mol. The van der Waals surface area contributed by atoms with Crippen molar-refractivity contribution < 1.29 is 47.7 Å². The van der Waals surface area contributed by atoms with Gasteiger partial charge in [-0.2, -0.15) is 0 Å². The van der Waals surface area contributed by atoms with Gasteiger partial charge in [0.1, 0.15) is 18.8 Å². The number of nitrogens with zero attached hydrogens (tertiary/aromatic N) is 1. The zero-order chi connectivity index (χ0) is 43.8. The summed E-state index contributed by atoms with van der Waals surface area (Å²) >= 11 is 0. The number of hydrogen-bond donors (Lipinski definition) is 0. The van der Waals surface area contributed by atoms with Crippen LogP contribution in [-0.4, -0.2) is 86.9 Å². The van der Waals surface area contributed by atoms with Crippen LogP contribution in [0.15, 0.2) is 12.2 Å². The second-order valence-electron chi connectivity index (χ2n) is 17.6. The molecule has 60 heavy (non-hydrogen) atoms. The zero-order valence-electron chi connectivity index (χ0n) is 38.6. The molecule has 11 nitrogen and oxygen atoms in total. The molecule has 0 bridgehead atoms. The first-order valence-corrected chi connectivity index (χ1v) is 24.3. The highest BCUT2D eigenvalue weighted by Gasteiger charge is 2.40. The van der Waals surface area contributed by atoms with E-state index in [9.17, 15) is 24.0 Å². The number of esters is 5. The molecule has 0 aromatic rings. The molecule has 1 heterocycles. The van der Waals surface area contributed by atoms with Crippen LogP contribution in [0.4, 0.5) is 0 Å². The molecule has 0 radical (unpaired) electrons. The van der Waals surface area contributed by atoms with Gasteiger partial charge in [-0.15, -0.1) is 0 Å². The van der Waals surface area contributed by atoms with Gasteiger partial charge in [0.15, 0.2) is 0 Å². The Hall–Kier alpha value is -2.95. The molecule has 2 fully saturated rings. The zero-order valence-corrected chi connectivity index (χ0v) is 38.6. The van der Waals surface area contributed by atoms with E-state index in [0.29, 0.717) is 38.5 Å². The van der Waals surface area contributed by atoms with Gasteiger partial charge in [-0.25, -0.2) is 0 Å². The summed E-state index contributed by atoms with van der Waals surface area (Å²) < 4.78 is 29.0. The average Bonchev–Trinajstić information content (AvgIpc) is 3.60. The normalized spacial score (nSPS) is 19.1. The summed E-state index contributed by atoms with van der Waals surface area (Å²) in [4.78, 5) is 66.5. The molecule has 1 saturated heterocycles. The van der Waals surface area contributed by atoms with Gasteiger partial charge in [-0.3, -0.25) is 24.0 Å². The van der Waals surface area contributed by atoms with E-state index in [1.54, 1.807) is 0 Å². The smallest absolute Gasteiger partial charge is 0.309 e. The summed E-state index contributed by atoms with van der Waals surface area (Å²) in [7, 11) is 2.08. The molecule has 1 aliphatic carbocycles. The predicted molar refractivity (Wildman–Crippen MR) is 236 cm³/mol. The number of unbranched alkanes of at least 4 members (excludes halogenated alkanes) is 10. The van der Waals surface area contributed by atoms with Crippen LogP contribution in [0.5, 0.6) is 0 Å². The summed E-state index contributed by atoms with van der Waals surface area (Å²) in [6, 6.07) is 0. The van der Waals surface area contributed by atoms with Crippen molar-refractivity contribution in [3.8, 4) is 0 Å². The monoisotopic (exact) mass is 848 g/mol. The molecule has 0 spiro atoms. The lowest BCUT2D eigenvalue weighted by molar-refractivity contribution is -0.161. The fourth-order valence-corrected chi connectivity index (χ4v) is 8.32. The van der Waals surface area contributed by atoms with Gasteiger partial charge < -0.3 is 28.6 Å². The molecule has 0 aromatic heterocycles. The van der Waals surface area contributed by atoms with Crippen LogP contribution in [0.3, 0.4) is 0 Å². The third kappa shape index (κ3) is 24.5. The van der Waals surface area contributed by atoms with Crippen molar-refractivity contribution in [2.24, 2.45) is 23.7 Å². The van der Waals surface area contributed by atoms with Gasteiger partial charge in [0.05, 0.1) is 19.1 Å². The highest BCUT2D eigenvalue weighted by molar-refractivity contribution is 5.73. The Bertz CT molecular complexity index is 1190. The second kappa shape index (κ2) is 33.6. The summed E-state index contributed by atoms with van der Waals surface area (Å²) in [6.45, 7) is 10.7. The van der Waals surface area contributed by atoms with Gasteiger partial charge in [0.2, 0.25) is 0 Å². The second-order valence-corrected chi connectivity index (χ2v) is 17.6. The molecule has 4 atom stereocenters. The predicted octanol–water partition coefficient (Wildman–Crippen LogP) is 10.6. The fraction of sp³-hybridized carbons (Fsp3) is 0.857. The van der Waals surface area contributed by atoms with Crippen LogP contribution < -0.4 is 0 Å². The number of hydrogen-bond acceptors (Lipinski definition) is 11. The number of carbonyl (C=O) groups is 5. The van der Waals surface area contributed by atoms with Crippen LogP contribution in [0.25, 0.3) is 0 Å². The molecule has 2 rings (SSSR count). The highest BCUT2D eigenvalue weighted by atomic mass is 16.6. The first-order valence-electron chi connectivity index (χ1n) is 24.3. The maximum Gasteiger partial charge on any atom is 0.309 e. The fourth-order valence-electron chi connectivity index (χ4n) is 8.32. The Morgan fingerprint density at radius 1 is 0.600 bits per heavy atom. The maximum atomic E-state index is 13.4. The van der Waals surface area contributed by atoms with E-state index in [1.807, 2.05) is 0 Å². The standard InChI is InChI=1S/C49H85NO10/c1-6-10-14-15-16-20-24-42(59-47(53)28-22-21-23-39(36-56-45(51)26-18-12-8-3)37-57-46(52)27-19-13-9-4)38-58-48(54)35-41-29-30-44(43(41)25-17-11-7-2)60-49(55)40-31-33-50(5)34-32-40/h11,17,39-44H,6-10,12-16,18-38H2,1-5H3/b17-11-. The minimum atomic E-state index is -0.519. The molecule has 0 amide bonds. The van der Waals surface area contributed by atoms with E-state index in [4.69, 9.17) is 23.7 Å². The van der Waals surface area contributed by atoms with Crippen molar-refractivity contribution in [1.82, 2.24) is 4.90 Å². The van der Waals surface area contributed by atoms with Gasteiger partial charge >= 0.3 is 29.8 Å². The van der Waals surface area contributed by atoms with Crippen molar-refractivity contribution in [2.75, 3.05) is 40.0 Å². The van der Waals surface area contributed by atoms with Gasteiger partial charge in [0, 0.05) is 37.5 Å². The van der Waals surface area contributed by atoms with Crippen LogP contribution >= 0.6 is 0 Å². The van der Waals surface area contributed by atoms with Crippen LogP contribution in [0.2, 0.25) is 0 Å². The van der Waals surface area contributed by atoms with Crippen LogP contribution in [0.1, 0.15) is 195 Å². The molecular formula is C49H85NO10. The molecule has 1 aliphatic heterocycles. The third-order valence-corrected chi connectivity index (χ3v) is 12.2. The molecule has 1 saturated carbocycles. The van der Waals surface area contributed by atoms with E-state index in [0.717, 1.165) is 109 Å². The van der Waals surface area contributed by atoms with Crippen LogP contribution in [0, 0.1) is 23.7 Å². The lowest BCUT2D eigenvalue weighted by Gasteiger charge is -2.30. The van der Waals surface area contributed by atoms with E-state index in [1.165, 1.54) is 19.3 Å². The van der Waals surface area contributed by atoms with Crippen LogP contribution in [-0.2, 0) is 47.7 Å². The minimum absolute atomic E-state index is 0.0243. The highest BCUT2D eigenvalue weighted by Crippen LogP contribution is 2.40. The molecule has 0 aromatic carbocycles. The van der Waals surface area contributed by atoms with Crippen molar-refractivity contribution >= 4 is 29.8 Å². The van der Waals surface area contributed by atoms with Crippen molar-refractivity contribution in [1.29, 1.82) is 0 Å². The summed E-state index contributed by atoms with van der Waals surface area (Å²) in [5.41, 5.74) is 0. The number of rotatable bonds is 34. The van der Waals surface area contributed by atoms with E-state index >= 15 is 0 Å². The molecule has 2 aliphatic rings. The largest absolute Gasteiger partial charge is 0.465 e. The number of carbonyl (C=O) groups excluding carboxylic acids is 5. The Kier molecular flexibility index (Phi) is 29.8. The molecule has 11 heteroatoms. The van der Waals surface area contributed by atoms with Gasteiger partial charge in [0.25, 0.3) is 0 Å². The first-order chi connectivity index (χ1) is 29.1. The van der Waals surface area contributed by atoms with Gasteiger partial charge in [-0.1, -0.05) is 104 Å². The van der Waals surface area contributed by atoms with Crippen molar-refractivity contribution in [2.45, 2.75) is 207 Å². The van der Waals surface area contributed by atoms with Gasteiger partial charge in [-0.05, 0) is 103 Å². The lowest BCUT2D eigenvalue weighted by atomic mass is 9.88. The molecular weight excluding hydrogens is 763 g/mol. The van der Waals surface area contributed by atoms with Crippen molar-refractivity contribution in [3.63, 3.8) is 0 Å². The quantitative estimate of drug-likeness (QED) is 0.0265. The SMILES string of the molecule is CC/C=C\CC1C(CC(=O)OCC(CCCCCCCC)OC(=O)CCCCC(COC(=O)CCCCC)COC(=O)CCCCC)CCC1OC(=O)C1CCN(C)CC1. The molecule has 0 N–H and O–H groups in total. The third-order valence-electron chi connectivity index (χ3n) is 12.2. The topological polar surface area (TPSA) is 135 Å². The number of likely N-dealkylation sites (tertiary alicyclic amines) is 1. The minimum Gasteiger partial charge on any atom is -0.465 e. The van der Waals surface area contributed by atoms with E-state index in [2.05, 4.69) is 51.8 Å². The summed E-state index contributed by atoms with van der Waals surface area (Å²) in [5.74, 6) is -1.29. The molecule has 346 valence electrons. The molecule has 4 unspecified atom stereocenters.